The molecule has 4 heteroatoms. The van der Waals surface area contributed by atoms with Gasteiger partial charge in [0.15, 0.2) is 6.10 Å². The van der Waals surface area contributed by atoms with Crippen LogP contribution in [0.3, 0.4) is 0 Å². The number of ether oxygens (including phenoxy) is 2. The molecule has 0 saturated heterocycles. The Morgan fingerprint density at radius 2 is 1.89 bits per heavy atom. The minimum atomic E-state index is -0.521. The summed E-state index contributed by atoms with van der Waals surface area (Å²) in [5, 5.41) is 2.82. The summed E-state index contributed by atoms with van der Waals surface area (Å²) in [5.41, 5.74) is 1.16. The highest BCUT2D eigenvalue weighted by Crippen LogP contribution is 2.13. The van der Waals surface area contributed by atoms with Crippen LogP contribution in [0.5, 0.6) is 5.75 Å². The van der Waals surface area contributed by atoms with Crippen LogP contribution in [0.15, 0.2) is 24.3 Å². The van der Waals surface area contributed by atoms with E-state index < -0.39 is 6.10 Å². The highest BCUT2D eigenvalue weighted by Gasteiger charge is 2.16. The number of hydrogen-bond acceptors (Lipinski definition) is 3. The first-order chi connectivity index (χ1) is 8.52. The van der Waals surface area contributed by atoms with Gasteiger partial charge in [-0.3, -0.25) is 4.79 Å². The summed E-state index contributed by atoms with van der Waals surface area (Å²) < 4.78 is 10.5. The van der Waals surface area contributed by atoms with Gasteiger partial charge in [0, 0.05) is 13.2 Å². The van der Waals surface area contributed by atoms with Gasteiger partial charge in [0.25, 0.3) is 5.91 Å². The summed E-state index contributed by atoms with van der Waals surface area (Å²) in [6.07, 6.45) is -0.521. The third-order valence-electron chi connectivity index (χ3n) is 2.51. The number of hydrogen-bond donors (Lipinski definition) is 1. The van der Waals surface area contributed by atoms with Gasteiger partial charge < -0.3 is 14.8 Å². The highest BCUT2D eigenvalue weighted by molar-refractivity contribution is 5.80. The summed E-state index contributed by atoms with van der Waals surface area (Å²) in [6.45, 7) is 6.12. The summed E-state index contributed by atoms with van der Waals surface area (Å²) >= 11 is 0. The molecule has 0 radical (unpaired) electrons. The third-order valence-corrected chi connectivity index (χ3v) is 2.51. The molecule has 1 aromatic carbocycles. The molecule has 0 heterocycles. The van der Waals surface area contributed by atoms with E-state index in [1.165, 1.54) is 0 Å². The fourth-order valence-corrected chi connectivity index (χ4v) is 1.53. The largest absolute Gasteiger partial charge is 0.481 e. The van der Waals surface area contributed by atoms with Crippen LogP contribution in [0.25, 0.3) is 0 Å². The van der Waals surface area contributed by atoms with E-state index in [1.54, 1.807) is 14.0 Å². The second-order valence-electron chi connectivity index (χ2n) is 4.44. The minimum absolute atomic E-state index is 0.0217. The molecular weight excluding hydrogens is 230 g/mol. The van der Waals surface area contributed by atoms with Crippen molar-refractivity contribution in [2.75, 3.05) is 13.7 Å². The van der Waals surface area contributed by atoms with E-state index in [2.05, 4.69) is 5.32 Å². The molecule has 0 fully saturated rings. The number of carbonyl (C=O) groups excluding carboxylic acids is 1. The van der Waals surface area contributed by atoms with Crippen LogP contribution in [0, 0.1) is 6.92 Å². The van der Waals surface area contributed by atoms with Gasteiger partial charge in [0.2, 0.25) is 0 Å². The number of methoxy groups -OCH3 is 1. The number of rotatable bonds is 6. The molecule has 0 spiro atoms. The number of amides is 1. The zero-order chi connectivity index (χ0) is 13.5. The Morgan fingerprint density at radius 3 is 2.44 bits per heavy atom. The Balaban J connectivity index is 2.46. The Morgan fingerprint density at radius 1 is 1.28 bits per heavy atom. The topological polar surface area (TPSA) is 47.6 Å². The second kappa shape index (κ2) is 7.01. The van der Waals surface area contributed by atoms with Crippen LogP contribution < -0.4 is 10.1 Å². The zero-order valence-electron chi connectivity index (χ0n) is 11.4. The molecule has 0 aliphatic heterocycles. The molecule has 1 aromatic rings. The molecule has 1 N–H and O–H groups in total. The molecule has 18 heavy (non-hydrogen) atoms. The van der Waals surface area contributed by atoms with Crippen molar-refractivity contribution in [1.29, 1.82) is 0 Å². The summed E-state index contributed by atoms with van der Waals surface area (Å²) in [6, 6.07) is 7.60. The van der Waals surface area contributed by atoms with Crippen molar-refractivity contribution in [1.82, 2.24) is 5.32 Å². The molecule has 0 aliphatic carbocycles. The lowest BCUT2D eigenvalue weighted by molar-refractivity contribution is -0.128. The van der Waals surface area contributed by atoms with E-state index in [0.29, 0.717) is 12.4 Å². The van der Waals surface area contributed by atoms with E-state index >= 15 is 0 Å². The van der Waals surface area contributed by atoms with Gasteiger partial charge >= 0.3 is 0 Å². The number of carbonyl (C=O) groups is 1. The monoisotopic (exact) mass is 251 g/mol. The van der Waals surface area contributed by atoms with Gasteiger partial charge in [-0.15, -0.1) is 0 Å². The first-order valence-corrected chi connectivity index (χ1v) is 6.05. The van der Waals surface area contributed by atoms with Crippen LogP contribution in [0.1, 0.15) is 19.4 Å². The Labute approximate surface area is 108 Å². The number of nitrogens with one attached hydrogen (secondary N) is 1. The maximum atomic E-state index is 11.8. The molecular formula is C14H21NO3. The molecule has 1 rings (SSSR count). The van der Waals surface area contributed by atoms with Crippen molar-refractivity contribution in [3.8, 4) is 5.75 Å². The molecule has 0 aromatic heterocycles. The lowest BCUT2D eigenvalue weighted by Gasteiger charge is -2.18. The van der Waals surface area contributed by atoms with Crippen molar-refractivity contribution in [2.45, 2.75) is 32.9 Å². The molecule has 100 valence electrons. The maximum Gasteiger partial charge on any atom is 0.261 e. The first kappa shape index (κ1) is 14.5. The average molecular weight is 251 g/mol. The Bertz CT molecular complexity index is 375. The zero-order valence-corrected chi connectivity index (χ0v) is 11.4. The van der Waals surface area contributed by atoms with Gasteiger partial charge in [-0.2, -0.15) is 0 Å². The predicted octanol–water partition coefficient (Wildman–Crippen LogP) is 1.91. The number of aryl methyl sites for hydroxylation is 1. The number of benzene rings is 1. The molecule has 1 amide bonds. The summed E-state index contributed by atoms with van der Waals surface area (Å²) in [5.74, 6) is 0.558. The quantitative estimate of drug-likeness (QED) is 0.840. The molecule has 0 bridgehead atoms. The Hall–Kier alpha value is -1.55. The van der Waals surface area contributed by atoms with E-state index in [9.17, 15) is 4.79 Å². The fourth-order valence-electron chi connectivity index (χ4n) is 1.53. The standard InChI is InChI=1S/C14H21NO3/c1-10-5-7-13(8-6-10)18-12(3)14(16)15-11(2)9-17-4/h5-8,11-12H,9H2,1-4H3,(H,15,16). The molecule has 0 aliphatic rings. The third kappa shape index (κ3) is 4.75. The minimum Gasteiger partial charge on any atom is -0.481 e. The molecule has 2 atom stereocenters. The van der Waals surface area contributed by atoms with Crippen molar-refractivity contribution in [2.24, 2.45) is 0 Å². The lowest BCUT2D eigenvalue weighted by atomic mass is 10.2. The summed E-state index contributed by atoms with van der Waals surface area (Å²) in [7, 11) is 1.61. The molecule has 0 saturated carbocycles. The van der Waals surface area contributed by atoms with Crippen molar-refractivity contribution < 1.29 is 14.3 Å². The SMILES string of the molecule is COCC(C)NC(=O)C(C)Oc1ccc(C)cc1. The normalized spacial score (nSPS) is 13.8. The van der Waals surface area contributed by atoms with Gasteiger partial charge in [-0.05, 0) is 32.9 Å². The highest BCUT2D eigenvalue weighted by atomic mass is 16.5. The fraction of sp³-hybridized carbons (Fsp3) is 0.500. The van der Waals surface area contributed by atoms with Gasteiger partial charge in [0.1, 0.15) is 5.75 Å². The second-order valence-corrected chi connectivity index (χ2v) is 4.44. The smallest absolute Gasteiger partial charge is 0.261 e. The van der Waals surface area contributed by atoms with E-state index in [1.807, 2.05) is 38.1 Å². The van der Waals surface area contributed by atoms with Crippen LogP contribution in [-0.2, 0) is 9.53 Å². The first-order valence-electron chi connectivity index (χ1n) is 6.05. The van der Waals surface area contributed by atoms with Crippen LogP contribution in [0.4, 0.5) is 0 Å². The van der Waals surface area contributed by atoms with Crippen LogP contribution >= 0.6 is 0 Å². The van der Waals surface area contributed by atoms with Crippen LogP contribution in [-0.4, -0.2) is 31.8 Å². The van der Waals surface area contributed by atoms with Gasteiger partial charge in [0.05, 0.1) is 6.61 Å². The average Bonchev–Trinajstić information content (AvgIpc) is 2.32. The Kier molecular flexibility index (Phi) is 5.65. The lowest BCUT2D eigenvalue weighted by Crippen LogP contribution is -2.43. The molecule has 2 unspecified atom stereocenters. The van der Waals surface area contributed by atoms with Crippen molar-refractivity contribution >= 4 is 5.91 Å². The van der Waals surface area contributed by atoms with Crippen molar-refractivity contribution in [3.63, 3.8) is 0 Å². The van der Waals surface area contributed by atoms with Crippen LogP contribution in [0.2, 0.25) is 0 Å². The summed E-state index contributed by atoms with van der Waals surface area (Å²) in [4.78, 5) is 11.8. The van der Waals surface area contributed by atoms with Gasteiger partial charge in [-0.1, -0.05) is 17.7 Å². The van der Waals surface area contributed by atoms with Crippen molar-refractivity contribution in [3.05, 3.63) is 29.8 Å². The molecule has 4 nitrogen and oxygen atoms in total. The van der Waals surface area contributed by atoms with E-state index in [-0.39, 0.29) is 11.9 Å². The van der Waals surface area contributed by atoms with E-state index in [4.69, 9.17) is 9.47 Å². The van der Waals surface area contributed by atoms with Gasteiger partial charge in [-0.25, -0.2) is 0 Å². The van der Waals surface area contributed by atoms with E-state index in [0.717, 1.165) is 5.56 Å². The predicted molar refractivity (Wildman–Crippen MR) is 70.7 cm³/mol. The maximum absolute atomic E-state index is 11.8.